The Morgan fingerprint density at radius 1 is 1.25 bits per heavy atom. The van der Waals surface area contributed by atoms with Crippen molar-refractivity contribution in [1.82, 2.24) is 10.6 Å². The number of rotatable bonds is 4. The molecular weight excluding hydrogens is 208 g/mol. The average Bonchev–Trinajstić information content (AvgIpc) is 2.08. The number of hydrogen-bond donors (Lipinski definition) is 3. The summed E-state index contributed by atoms with van der Waals surface area (Å²) in [4.78, 5) is 22.5. The van der Waals surface area contributed by atoms with Crippen LogP contribution in [-0.4, -0.2) is 29.2 Å². The van der Waals surface area contributed by atoms with Gasteiger partial charge in [0.1, 0.15) is 5.54 Å². The van der Waals surface area contributed by atoms with Gasteiger partial charge >= 0.3 is 12.0 Å². The SMILES string of the molecule is O=C(NCC1CCC1)NC1(C(=O)O)CCC1. The lowest BCUT2D eigenvalue weighted by Crippen LogP contribution is -2.61. The van der Waals surface area contributed by atoms with Crippen molar-refractivity contribution >= 4 is 12.0 Å². The minimum Gasteiger partial charge on any atom is -0.480 e. The summed E-state index contributed by atoms with van der Waals surface area (Å²) in [5.74, 6) is -0.328. The number of carbonyl (C=O) groups is 2. The molecule has 0 aromatic carbocycles. The van der Waals surface area contributed by atoms with Crippen LogP contribution in [0.15, 0.2) is 0 Å². The van der Waals surface area contributed by atoms with E-state index in [-0.39, 0.29) is 6.03 Å². The predicted molar refractivity (Wildman–Crippen MR) is 58.1 cm³/mol. The monoisotopic (exact) mass is 226 g/mol. The molecule has 0 bridgehead atoms. The fourth-order valence-electron chi connectivity index (χ4n) is 2.12. The summed E-state index contributed by atoms with van der Waals surface area (Å²) >= 11 is 0. The highest BCUT2D eigenvalue weighted by Gasteiger charge is 2.45. The molecule has 0 saturated heterocycles. The quantitative estimate of drug-likeness (QED) is 0.671. The molecule has 2 fully saturated rings. The second kappa shape index (κ2) is 4.31. The molecule has 0 unspecified atom stereocenters. The standard InChI is InChI=1S/C11H18N2O3/c14-9(15)11(5-2-6-11)13-10(16)12-7-8-3-1-4-8/h8H,1-7H2,(H,14,15)(H2,12,13,16). The Morgan fingerprint density at radius 3 is 2.31 bits per heavy atom. The minimum absolute atomic E-state index is 0.339. The van der Waals surface area contributed by atoms with Gasteiger partial charge in [-0.25, -0.2) is 9.59 Å². The second-order valence-corrected chi connectivity index (χ2v) is 4.87. The Bertz CT molecular complexity index is 296. The summed E-state index contributed by atoms with van der Waals surface area (Å²) in [6.45, 7) is 0.668. The highest BCUT2D eigenvalue weighted by molar-refractivity contribution is 5.87. The smallest absolute Gasteiger partial charge is 0.329 e. The van der Waals surface area contributed by atoms with Gasteiger partial charge in [0.15, 0.2) is 0 Å². The van der Waals surface area contributed by atoms with Gasteiger partial charge < -0.3 is 15.7 Å². The first-order valence-electron chi connectivity index (χ1n) is 5.92. The van der Waals surface area contributed by atoms with Crippen molar-refractivity contribution in [2.24, 2.45) is 5.92 Å². The van der Waals surface area contributed by atoms with Gasteiger partial charge in [-0.2, -0.15) is 0 Å². The van der Waals surface area contributed by atoms with Crippen LogP contribution in [0.2, 0.25) is 0 Å². The highest BCUT2D eigenvalue weighted by Crippen LogP contribution is 2.32. The van der Waals surface area contributed by atoms with E-state index < -0.39 is 11.5 Å². The number of carbonyl (C=O) groups excluding carboxylic acids is 1. The van der Waals surface area contributed by atoms with Crippen LogP contribution in [0.4, 0.5) is 4.79 Å². The van der Waals surface area contributed by atoms with Crippen LogP contribution in [0.3, 0.4) is 0 Å². The molecule has 0 aromatic heterocycles. The summed E-state index contributed by atoms with van der Waals surface area (Å²) in [6.07, 6.45) is 5.54. The van der Waals surface area contributed by atoms with E-state index in [1.807, 2.05) is 0 Å². The van der Waals surface area contributed by atoms with Gasteiger partial charge in [-0.1, -0.05) is 6.42 Å². The third-order valence-corrected chi connectivity index (χ3v) is 3.75. The molecule has 2 aliphatic rings. The fraction of sp³-hybridized carbons (Fsp3) is 0.818. The molecule has 5 nitrogen and oxygen atoms in total. The molecule has 2 saturated carbocycles. The summed E-state index contributed by atoms with van der Waals surface area (Å²) < 4.78 is 0. The number of carboxylic acids is 1. The topological polar surface area (TPSA) is 78.4 Å². The van der Waals surface area contributed by atoms with Crippen LogP contribution in [0.25, 0.3) is 0 Å². The first-order chi connectivity index (χ1) is 7.62. The average molecular weight is 226 g/mol. The van der Waals surface area contributed by atoms with Crippen molar-refractivity contribution in [3.8, 4) is 0 Å². The Balaban J connectivity index is 1.74. The van der Waals surface area contributed by atoms with E-state index in [1.165, 1.54) is 19.3 Å². The summed E-state index contributed by atoms with van der Waals surface area (Å²) in [5.41, 5.74) is -0.996. The van der Waals surface area contributed by atoms with E-state index in [0.29, 0.717) is 25.3 Å². The van der Waals surface area contributed by atoms with E-state index in [2.05, 4.69) is 10.6 Å². The van der Waals surface area contributed by atoms with E-state index in [0.717, 1.165) is 6.42 Å². The van der Waals surface area contributed by atoms with E-state index in [9.17, 15) is 9.59 Å². The van der Waals surface area contributed by atoms with Crippen molar-refractivity contribution in [1.29, 1.82) is 0 Å². The third-order valence-electron chi connectivity index (χ3n) is 3.75. The summed E-state index contributed by atoms with van der Waals surface area (Å²) in [7, 11) is 0. The van der Waals surface area contributed by atoms with E-state index >= 15 is 0 Å². The summed E-state index contributed by atoms with van der Waals surface area (Å²) in [5, 5.41) is 14.4. The van der Waals surface area contributed by atoms with Crippen LogP contribution >= 0.6 is 0 Å². The molecule has 0 aromatic rings. The maximum Gasteiger partial charge on any atom is 0.329 e. The van der Waals surface area contributed by atoms with Gasteiger partial charge in [-0.05, 0) is 38.0 Å². The Morgan fingerprint density at radius 2 is 1.94 bits per heavy atom. The van der Waals surface area contributed by atoms with Crippen molar-refractivity contribution in [2.75, 3.05) is 6.54 Å². The molecule has 3 N–H and O–H groups in total. The van der Waals surface area contributed by atoms with Crippen LogP contribution in [0.5, 0.6) is 0 Å². The lowest BCUT2D eigenvalue weighted by Gasteiger charge is -2.38. The maximum absolute atomic E-state index is 11.5. The number of urea groups is 1. The van der Waals surface area contributed by atoms with Crippen LogP contribution < -0.4 is 10.6 Å². The molecule has 0 aliphatic heterocycles. The molecule has 0 radical (unpaired) electrons. The zero-order chi connectivity index (χ0) is 11.6. The molecule has 0 atom stereocenters. The molecule has 0 heterocycles. The lowest BCUT2D eigenvalue weighted by atomic mass is 9.77. The molecule has 5 heteroatoms. The Kier molecular flexibility index (Phi) is 3.03. The lowest BCUT2D eigenvalue weighted by molar-refractivity contribution is -0.148. The first kappa shape index (κ1) is 11.2. The highest BCUT2D eigenvalue weighted by atomic mass is 16.4. The number of carboxylic acid groups (broad SMARTS) is 1. The maximum atomic E-state index is 11.5. The van der Waals surface area contributed by atoms with Gasteiger partial charge in [0.2, 0.25) is 0 Å². The molecule has 90 valence electrons. The Labute approximate surface area is 94.6 Å². The molecule has 2 amide bonds. The normalized spacial score (nSPS) is 22.8. The van der Waals surface area contributed by atoms with Gasteiger partial charge in [0, 0.05) is 6.54 Å². The van der Waals surface area contributed by atoms with Crippen molar-refractivity contribution < 1.29 is 14.7 Å². The zero-order valence-corrected chi connectivity index (χ0v) is 9.29. The minimum atomic E-state index is -0.996. The number of aliphatic carboxylic acids is 1. The largest absolute Gasteiger partial charge is 0.480 e. The molecule has 16 heavy (non-hydrogen) atoms. The Hall–Kier alpha value is -1.26. The third kappa shape index (κ3) is 2.13. The molecule has 2 aliphatic carbocycles. The van der Waals surface area contributed by atoms with Gasteiger partial charge in [-0.15, -0.1) is 0 Å². The zero-order valence-electron chi connectivity index (χ0n) is 9.29. The first-order valence-corrected chi connectivity index (χ1v) is 5.92. The molecule has 0 spiro atoms. The number of hydrogen-bond acceptors (Lipinski definition) is 2. The summed E-state index contributed by atoms with van der Waals surface area (Å²) in [6, 6.07) is -0.339. The van der Waals surface area contributed by atoms with Crippen molar-refractivity contribution in [2.45, 2.75) is 44.1 Å². The molecule has 2 rings (SSSR count). The fourth-order valence-corrected chi connectivity index (χ4v) is 2.12. The van der Waals surface area contributed by atoms with E-state index in [4.69, 9.17) is 5.11 Å². The van der Waals surface area contributed by atoms with Gasteiger partial charge in [-0.3, -0.25) is 0 Å². The van der Waals surface area contributed by atoms with Gasteiger partial charge in [0.25, 0.3) is 0 Å². The van der Waals surface area contributed by atoms with Crippen LogP contribution in [0.1, 0.15) is 38.5 Å². The van der Waals surface area contributed by atoms with Crippen molar-refractivity contribution in [3.05, 3.63) is 0 Å². The van der Waals surface area contributed by atoms with Gasteiger partial charge in [0.05, 0.1) is 0 Å². The predicted octanol–water partition coefficient (Wildman–Crippen LogP) is 1.09. The number of amides is 2. The van der Waals surface area contributed by atoms with Crippen LogP contribution in [-0.2, 0) is 4.79 Å². The van der Waals surface area contributed by atoms with E-state index in [1.54, 1.807) is 0 Å². The van der Waals surface area contributed by atoms with Crippen molar-refractivity contribution in [3.63, 3.8) is 0 Å². The van der Waals surface area contributed by atoms with Crippen LogP contribution in [0, 0.1) is 5.92 Å². The number of nitrogens with one attached hydrogen (secondary N) is 2. The second-order valence-electron chi connectivity index (χ2n) is 4.87. The molecular formula is C11H18N2O3.